The highest BCUT2D eigenvalue weighted by Gasteiger charge is 2.12. The Morgan fingerprint density at radius 3 is 2.57 bits per heavy atom. The summed E-state index contributed by atoms with van der Waals surface area (Å²) in [6.45, 7) is 2.69. The highest BCUT2D eigenvalue weighted by atomic mass is 32.1. The molecular formula is C17H21N3O2S. The lowest BCUT2D eigenvalue weighted by atomic mass is 9.96. The Morgan fingerprint density at radius 1 is 1.17 bits per heavy atom. The van der Waals surface area contributed by atoms with Crippen molar-refractivity contribution in [3.63, 3.8) is 0 Å². The normalized spacial score (nSPS) is 11.7. The Kier molecular flexibility index (Phi) is 6.75. The van der Waals surface area contributed by atoms with E-state index in [1.54, 1.807) is 11.6 Å². The molecule has 2 amide bonds. The number of carbonyl (C=O) groups is 2. The zero-order chi connectivity index (χ0) is 16.5. The van der Waals surface area contributed by atoms with Crippen molar-refractivity contribution in [1.82, 2.24) is 10.3 Å². The number of hydrogen-bond donors (Lipinski definition) is 2. The molecule has 0 spiro atoms. The molecule has 6 heteroatoms. The topological polar surface area (TPSA) is 71.1 Å². The van der Waals surface area contributed by atoms with Crippen LogP contribution < -0.4 is 10.6 Å². The van der Waals surface area contributed by atoms with E-state index < -0.39 is 0 Å². The Balaban J connectivity index is 1.71. The number of amides is 2. The minimum atomic E-state index is -0.190. The van der Waals surface area contributed by atoms with Crippen molar-refractivity contribution in [3.05, 3.63) is 47.5 Å². The van der Waals surface area contributed by atoms with Gasteiger partial charge in [0.05, 0.1) is 0 Å². The summed E-state index contributed by atoms with van der Waals surface area (Å²) < 4.78 is 0. The minimum absolute atomic E-state index is 0.103. The van der Waals surface area contributed by atoms with Crippen molar-refractivity contribution in [3.8, 4) is 0 Å². The molecule has 122 valence electrons. The quantitative estimate of drug-likeness (QED) is 0.780. The van der Waals surface area contributed by atoms with E-state index >= 15 is 0 Å². The van der Waals surface area contributed by atoms with E-state index in [9.17, 15) is 9.59 Å². The summed E-state index contributed by atoms with van der Waals surface area (Å²) in [7, 11) is 0. The molecular weight excluding hydrogens is 310 g/mol. The van der Waals surface area contributed by atoms with Crippen LogP contribution in [0.25, 0.3) is 0 Å². The number of aromatic nitrogens is 1. The maximum absolute atomic E-state index is 11.9. The lowest BCUT2D eigenvalue weighted by molar-refractivity contribution is -0.124. The molecule has 5 nitrogen and oxygen atoms in total. The van der Waals surface area contributed by atoms with Crippen LogP contribution in [0.15, 0.2) is 41.9 Å². The SMILES string of the molecule is CCC(CNC(=O)CCC(=O)Nc1nccs1)c1ccccc1. The number of nitrogens with one attached hydrogen (secondary N) is 2. The number of nitrogens with zero attached hydrogens (tertiary/aromatic N) is 1. The van der Waals surface area contributed by atoms with Gasteiger partial charge in [-0.3, -0.25) is 9.59 Å². The number of thiazole rings is 1. The molecule has 0 bridgehead atoms. The molecule has 1 aromatic heterocycles. The minimum Gasteiger partial charge on any atom is -0.355 e. The molecule has 1 unspecified atom stereocenters. The molecule has 1 atom stereocenters. The van der Waals surface area contributed by atoms with Crippen molar-refractivity contribution in [2.24, 2.45) is 0 Å². The molecule has 0 saturated heterocycles. The highest BCUT2D eigenvalue weighted by molar-refractivity contribution is 7.13. The Bertz CT molecular complexity index is 614. The van der Waals surface area contributed by atoms with Gasteiger partial charge in [0.15, 0.2) is 5.13 Å². The van der Waals surface area contributed by atoms with Crippen LogP contribution in [0, 0.1) is 0 Å². The predicted molar refractivity (Wildman–Crippen MR) is 92.5 cm³/mol. The fourth-order valence-corrected chi connectivity index (χ4v) is 2.79. The molecule has 0 fully saturated rings. The Hall–Kier alpha value is -2.21. The number of carbonyl (C=O) groups excluding carboxylic acids is 2. The largest absolute Gasteiger partial charge is 0.355 e. The summed E-state index contributed by atoms with van der Waals surface area (Å²) >= 11 is 1.36. The zero-order valence-electron chi connectivity index (χ0n) is 13.1. The van der Waals surface area contributed by atoms with Crippen LogP contribution in [-0.2, 0) is 9.59 Å². The molecule has 1 aromatic carbocycles. The molecule has 23 heavy (non-hydrogen) atoms. The van der Waals surface area contributed by atoms with Gasteiger partial charge in [-0.2, -0.15) is 0 Å². The zero-order valence-corrected chi connectivity index (χ0v) is 13.9. The van der Waals surface area contributed by atoms with Gasteiger partial charge in [-0.15, -0.1) is 11.3 Å². The van der Waals surface area contributed by atoms with Crippen LogP contribution in [0.2, 0.25) is 0 Å². The van der Waals surface area contributed by atoms with E-state index in [-0.39, 0.29) is 24.7 Å². The van der Waals surface area contributed by atoms with Gasteiger partial charge in [0.1, 0.15) is 0 Å². The van der Waals surface area contributed by atoms with E-state index in [1.807, 2.05) is 18.2 Å². The summed E-state index contributed by atoms with van der Waals surface area (Å²) in [4.78, 5) is 27.6. The first-order valence-electron chi connectivity index (χ1n) is 7.70. The number of anilines is 1. The highest BCUT2D eigenvalue weighted by Crippen LogP contribution is 2.18. The summed E-state index contributed by atoms with van der Waals surface area (Å²) in [6.07, 6.45) is 2.92. The predicted octanol–water partition coefficient (Wildman–Crippen LogP) is 3.17. The van der Waals surface area contributed by atoms with Gasteiger partial charge in [0.2, 0.25) is 11.8 Å². The van der Waals surface area contributed by atoms with Crippen molar-refractivity contribution < 1.29 is 9.59 Å². The second kappa shape index (κ2) is 9.05. The molecule has 0 radical (unpaired) electrons. The van der Waals surface area contributed by atoms with Gasteiger partial charge < -0.3 is 10.6 Å². The molecule has 0 saturated carbocycles. The van der Waals surface area contributed by atoms with Gasteiger partial charge in [0.25, 0.3) is 0 Å². The smallest absolute Gasteiger partial charge is 0.226 e. The number of rotatable bonds is 8. The van der Waals surface area contributed by atoms with Crippen molar-refractivity contribution in [2.75, 3.05) is 11.9 Å². The number of hydrogen-bond acceptors (Lipinski definition) is 4. The average Bonchev–Trinajstić information content (AvgIpc) is 3.07. The molecule has 1 heterocycles. The third-order valence-corrected chi connectivity index (χ3v) is 4.26. The van der Waals surface area contributed by atoms with Crippen LogP contribution in [0.5, 0.6) is 0 Å². The summed E-state index contributed by atoms with van der Waals surface area (Å²) in [5.74, 6) is 0.00293. The van der Waals surface area contributed by atoms with E-state index in [0.717, 1.165) is 6.42 Å². The van der Waals surface area contributed by atoms with Gasteiger partial charge >= 0.3 is 0 Å². The first-order chi connectivity index (χ1) is 11.2. The second-order valence-corrected chi connectivity index (χ2v) is 6.10. The lowest BCUT2D eigenvalue weighted by Crippen LogP contribution is -2.29. The van der Waals surface area contributed by atoms with E-state index in [4.69, 9.17) is 0 Å². The van der Waals surface area contributed by atoms with E-state index in [1.165, 1.54) is 16.9 Å². The van der Waals surface area contributed by atoms with Gasteiger partial charge in [-0.25, -0.2) is 4.98 Å². The van der Waals surface area contributed by atoms with Crippen LogP contribution in [-0.4, -0.2) is 23.3 Å². The van der Waals surface area contributed by atoms with Crippen LogP contribution in [0.4, 0.5) is 5.13 Å². The van der Waals surface area contributed by atoms with Gasteiger partial charge in [-0.1, -0.05) is 37.3 Å². The second-order valence-electron chi connectivity index (χ2n) is 5.21. The fraction of sp³-hybridized carbons (Fsp3) is 0.353. The third kappa shape index (κ3) is 5.83. The third-order valence-electron chi connectivity index (χ3n) is 3.57. The molecule has 0 aliphatic heterocycles. The summed E-state index contributed by atoms with van der Waals surface area (Å²) in [5, 5.41) is 7.93. The van der Waals surface area contributed by atoms with Crippen LogP contribution in [0.1, 0.15) is 37.7 Å². The molecule has 0 aliphatic carbocycles. The van der Waals surface area contributed by atoms with Crippen molar-refractivity contribution >= 4 is 28.3 Å². The molecule has 0 aliphatic rings. The van der Waals surface area contributed by atoms with Crippen molar-refractivity contribution in [1.29, 1.82) is 0 Å². The monoisotopic (exact) mass is 331 g/mol. The first kappa shape index (κ1) is 17.1. The molecule has 2 rings (SSSR count). The number of benzene rings is 1. The maximum Gasteiger partial charge on any atom is 0.226 e. The Morgan fingerprint density at radius 2 is 1.91 bits per heavy atom. The van der Waals surface area contributed by atoms with Crippen LogP contribution >= 0.6 is 11.3 Å². The molecule has 2 N–H and O–H groups in total. The average molecular weight is 331 g/mol. The summed E-state index contributed by atoms with van der Waals surface area (Å²) in [5.41, 5.74) is 1.22. The van der Waals surface area contributed by atoms with E-state index in [2.05, 4.69) is 34.7 Å². The van der Waals surface area contributed by atoms with Gasteiger partial charge in [-0.05, 0) is 12.0 Å². The maximum atomic E-state index is 11.9. The van der Waals surface area contributed by atoms with Crippen LogP contribution in [0.3, 0.4) is 0 Å². The Labute approximate surface area is 140 Å². The van der Waals surface area contributed by atoms with Gasteiger partial charge in [0, 0.05) is 36.9 Å². The summed E-state index contributed by atoms with van der Waals surface area (Å²) in [6, 6.07) is 10.1. The fourth-order valence-electron chi connectivity index (χ4n) is 2.24. The standard InChI is InChI=1S/C17H21N3O2S/c1-2-13(14-6-4-3-5-7-14)12-19-15(21)8-9-16(22)20-17-18-10-11-23-17/h3-7,10-11,13H,2,8-9,12H2,1H3,(H,19,21)(H,18,20,22). The lowest BCUT2D eigenvalue weighted by Gasteiger charge is -2.16. The van der Waals surface area contributed by atoms with E-state index in [0.29, 0.717) is 17.6 Å². The molecule has 2 aromatic rings. The first-order valence-corrected chi connectivity index (χ1v) is 8.58. The van der Waals surface area contributed by atoms with Crippen molar-refractivity contribution in [2.45, 2.75) is 32.1 Å².